The minimum atomic E-state index is -0.348. The zero-order chi connectivity index (χ0) is 23.2. The van der Waals surface area contributed by atoms with E-state index in [2.05, 4.69) is 9.88 Å². The van der Waals surface area contributed by atoms with E-state index in [0.717, 1.165) is 83.2 Å². The summed E-state index contributed by atoms with van der Waals surface area (Å²) in [6.45, 7) is 3.66. The molecule has 1 unspecified atom stereocenters. The molecule has 1 N–H and O–H groups in total. The highest BCUT2D eigenvalue weighted by molar-refractivity contribution is 6.33. The molecule has 1 saturated carbocycles. The van der Waals surface area contributed by atoms with Crippen LogP contribution in [0, 0.1) is 5.92 Å². The topological polar surface area (TPSA) is 86.2 Å². The van der Waals surface area contributed by atoms with Crippen molar-refractivity contribution >= 4 is 35.6 Å². The van der Waals surface area contributed by atoms with Gasteiger partial charge < -0.3 is 19.6 Å². The molecular weight excluding hydrogens is 444 g/mol. The van der Waals surface area contributed by atoms with Crippen LogP contribution in [0.25, 0.3) is 0 Å². The Labute approximate surface area is 200 Å². The molecule has 33 heavy (non-hydrogen) atoms. The van der Waals surface area contributed by atoms with Crippen LogP contribution in [0.2, 0.25) is 5.02 Å². The van der Waals surface area contributed by atoms with Gasteiger partial charge in [-0.15, -0.1) is 0 Å². The summed E-state index contributed by atoms with van der Waals surface area (Å²) in [6, 6.07) is 2.08. The van der Waals surface area contributed by atoms with E-state index in [1.807, 2.05) is 11.0 Å². The molecule has 3 heterocycles. The van der Waals surface area contributed by atoms with Gasteiger partial charge in [-0.25, -0.2) is 9.78 Å². The van der Waals surface area contributed by atoms with Crippen LogP contribution in [0.5, 0.6) is 0 Å². The van der Waals surface area contributed by atoms with Crippen molar-refractivity contribution < 1.29 is 19.4 Å². The smallest absolute Gasteiger partial charge is 0.414 e. The zero-order valence-corrected chi connectivity index (χ0v) is 20.0. The lowest BCUT2D eigenvalue weighted by Gasteiger charge is -2.36. The summed E-state index contributed by atoms with van der Waals surface area (Å²) in [6.07, 6.45) is 10.6. The van der Waals surface area contributed by atoms with Gasteiger partial charge in [0.1, 0.15) is 5.82 Å². The highest BCUT2D eigenvalue weighted by Crippen LogP contribution is 2.32. The number of carbonyl (C=O) groups excluding carboxylic acids is 2. The van der Waals surface area contributed by atoms with Crippen LogP contribution in [0.4, 0.5) is 16.3 Å². The number of hydrogen-bond acceptors (Lipinski definition) is 6. The SMILES string of the molecule is O=CN(CCCC1CCCN(c2ncc(N3CCCOC3=O)cc2Cl)C1)C1CCC(O)CC1. The molecular formula is C24H35ClN4O4. The number of anilines is 2. The lowest BCUT2D eigenvalue weighted by atomic mass is 9.91. The summed E-state index contributed by atoms with van der Waals surface area (Å²) < 4.78 is 5.12. The van der Waals surface area contributed by atoms with Crippen LogP contribution in [0.1, 0.15) is 57.8 Å². The van der Waals surface area contributed by atoms with E-state index in [0.29, 0.717) is 29.8 Å². The minimum Gasteiger partial charge on any atom is -0.449 e. The maximum absolute atomic E-state index is 12.0. The largest absolute Gasteiger partial charge is 0.449 e. The summed E-state index contributed by atoms with van der Waals surface area (Å²) in [5.74, 6) is 1.31. The lowest BCUT2D eigenvalue weighted by molar-refractivity contribution is -0.121. The molecule has 2 amide bonds. The van der Waals surface area contributed by atoms with E-state index >= 15 is 0 Å². The predicted molar refractivity (Wildman–Crippen MR) is 128 cm³/mol. The molecule has 9 heteroatoms. The van der Waals surface area contributed by atoms with Crippen molar-refractivity contribution in [1.82, 2.24) is 9.88 Å². The van der Waals surface area contributed by atoms with E-state index in [1.165, 1.54) is 6.42 Å². The van der Waals surface area contributed by atoms with Crippen LogP contribution in [-0.2, 0) is 9.53 Å². The number of aliphatic hydroxyl groups excluding tert-OH is 1. The molecule has 1 atom stereocenters. The second kappa shape index (κ2) is 11.4. The summed E-state index contributed by atoms with van der Waals surface area (Å²) in [5.41, 5.74) is 0.672. The highest BCUT2D eigenvalue weighted by Gasteiger charge is 2.27. The fourth-order valence-electron chi connectivity index (χ4n) is 5.35. The van der Waals surface area contributed by atoms with Gasteiger partial charge in [0.05, 0.1) is 29.6 Å². The summed E-state index contributed by atoms with van der Waals surface area (Å²) in [7, 11) is 0. The molecule has 3 aliphatic rings. The molecule has 182 valence electrons. The van der Waals surface area contributed by atoms with Gasteiger partial charge in [0.2, 0.25) is 6.41 Å². The van der Waals surface area contributed by atoms with Crippen LogP contribution < -0.4 is 9.80 Å². The van der Waals surface area contributed by atoms with Gasteiger partial charge in [-0.1, -0.05) is 11.6 Å². The second-order valence-corrected chi connectivity index (χ2v) is 9.93. The van der Waals surface area contributed by atoms with Crippen molar-refractivity contribution in [3.8, 4) is 0 Å². The normalized spacial score (nSPS) is 26.1. The van der Waals surface area contributed by atoms with E-state index in [9.17, 15) is 14.7 Å². The Morgan fingerprint density at radius 3 is 2.76 bits per heavy atom. The van der Waals surface area contributed by atoms with Gasteiger partial charge >= 0.3 is 6.09 Å². The van der Waals surface area contributed by atoms with Crippen LogP contribution >= 0.6 is 11.6 Å². The molecule has 8 nitrogen and oxygen atoms in total. The van der Waals surface area contributed by atoms with Crippen molar-refractivity contribution in [3.63, 3.8) is 0 Å². The quantitative estimate of drug-likeness (QED) is 0.571. The number of rotatable bonds is 8. The Bertz CT molecular complexity index is 818. The van der Waals surface area contributed by atoms with E-state index < -0.39 is 0 Å². The van der Waals surface area contributed by atoms with Gasteiger partial charge in [-0.3, -0.25) is 9.69 Å². The Morgan fingerprint density at radius 1 is 1.21 bits per heavy atom. The van der Waals surface area contributed by atoms with Crippen molar-refractivity contribution in [2.75, 3.05) is 42.6 Å². The number of nitrogens with zero attached hydrogens (tertiary/aromatic N) is 4. The number of cyclic esters (lactones) is 1. The molecule has 2 saturated heterocycles. The maximum atomic E-state index is 12.0. The van der Waals surface area contributed by atoms with Crippen molar-refractivity contribution in [2.45, 2.75) is 69.9 Å². The molecule has 1 aliphatic carbocycles. The zero-order valence-electron chi connectivity index (χ0n) is 19.2. The number of halogens is 1. The minimum absolute atomic E-state index is 0.203. The molecule has 1 aromatic rings. The maximum Gasteiger partial charge on any atom is 0.414 e. The first-order valence-corrected chi connectivity index (χ1v) is 12.7. The lowest BCUT2D eigenvalue weighted by Crippen LogP contribution is -2.39. The predicted octanol–water partition coefficient (Wildman–Crippen LogP) is 3.84. The Morgan fingerprint density at radius 2 is 2.03 bits per heavy atom. The molecule has 0 spiro atoms. The molecule has 1 aromatic heterocycles. The molecule has 3 fully saturated rings. The first-order chi connectivity index (χ1) is 16.0. The fourth-order valence-corrected chi connectivity index (χ4v) is 5.63. The number of aliphatic hydroxyl groups is 1. The highest BCUT2D eigenvalue weighted by atomic mass is 35.5. The number of ether oxygens (including phenoxy) is 1. The summed E-state index contributed by atoms with van der Waals surface area (Å²) in [5, 5.41) is 10.3. The molecule has 0 radical (unpaired) electrons. The molecule has 4 rings (SSSR count). The van der Waals surface area contributed by atoms with E-state index in [4.69, 9.17) is 16.3 Å². The van der Waals surface area contributed by atoms with Crippen LogP contribution in [-0.4, -0.2) is 72.4 Å². The summed E-state index contributed by atoms with van der Waals surface area (Å²) >= 11 is 6.59. The number of piperidine rings is 1. The monoisotopic (exact) mass is 478 g/mol. The second-order valence-electron chi connectivity index (χ2n) is 9.52. The van der Waals surface area contributed by atoms with Crippen molar-refractivity contribution in [2.24, 2.45) is 5.92 Å². The third-order valence-electron chi connectivity index (χ3n) is 7.21. The summed E-state index contributed by atoms with van der Waals surface area (Å²) in [4.78, 5) is 34.0. The van der Waals surface area contributed by atoms with Crippen LogP contribution in [0.3, 0.4) is 0 Å². The molecule has 0 aromatic carbocycles. The first kappa shape index (κ1) is 24.1. The number of pyridine rings is 1. The van der Waals surface area contributed by atoms with Gasteiger partial charge in [0.15, 0.2) is 0 Å². The van der Waals surface area contributed by atoms with Crippen molar-refractivity contribution in [1.29, 1.82) is 0 Å². The first-order valence-electron chi connectivity index (χ1n) is 12.3. The Balaban J connectivity index is 1.29. The van der Waals surface area contributed by atoms with Crippen LogP contribution in [0.15, 0.2) is 12.3 Å². The van der Waals surface area contributed by atoms with E-state index in [-0.39, 0.29) is 18.2 Å². The van der Waals surface area contributed by atoms with Gasteiger partial charge in [0, 0.05) is 32.2 Å². The third kappa shape index (κ3) is 6.09. The van der Waals surface area contributed by atoms with Gasteiger partial charge in [-0.05, 0) is 69.8 Å². The molecule has 0 bridgehead atoms. The number of carbonyl (C=O) groups is 2. The van der Waals surface area contributed by atoms with Gasteiger partial charge in [0.25, 0.3) is 0 Å². The standard InChI is InChI=1S/C24H35ClN4O4/c25-22-14-20(29-12-3-13-33-24(29)32)15-26-23(22)27-10-1-4-18(16-27)5-2-11-28(17-30)19-6-8-21(31)9-7-19/h14-15,17-19,21,31H,1-13,16H2. The molecule has 2 aliphatic heterocycles. The Kier molecular flexibility index (Phi) is 8.30. The Hall–Kier alpha value is -2.06. The fraction of sp³-hybridized carbons (Fsp3) is 0.708. The van der Waals surface area contributed by atoms with E-state index in [1.54, 1.807) is 11.1 Å². The van der Waals surface area contributed by atoms with Crippen molar-refractivity contribution in [3.05, 3.63) is 17.3 Å². The average Bonchev–Trinajstić information content (AvgIpc) is 2.83. The number of hydrogen-bond donors (Lipinski definition) is 1. The number of amides is 2. The third-order valence-corrected chi connectivity index (χ3v) is 7.49. The van der Waals surface area contributed by atoms with Gasteiger partial charge in [-0.2, -0.15) is 0 Å². The average molecular weight is 479 g/mol. The number of aromatic nitrogens is 1.